The van der Waals surface area contributed by atoms with E-state index in [0.717, 1.165) is 51.4 Å². The highest BCUT2D eigenvalue weighted by Gasteiger charge is 2.22. The molecular weight excluding hydrogens is 1010 g/mol. The summed E-state index contributed by atoms with van der Waals surface area (Å²) in [6, 6.07) is 0. The molecule has 0 bridgehead atoms. The third-order valence-electron chi connectivity index (χ3n) is 15.7. The number of quaternary nitrogens is 1. The lowest BCUT2D eigenvalue weighted by Crippen LogP contribution is -2.37. The van der Waals surface area contributed by atoms with Gasteiger partial charge >= 0.3 is 11.9 Å². The van der Waals surface area contributed by atoms with Crippen molar-refractivity contribution in [1.82, 2.24) is 0 Å². The van der Waals surface area contributed by atoms with Gasteiger partial charge in [0, 0.05) is 12.8 Å². The number of esters is 2. The Bertz CT molecular complexity index is 1440. The van der Waals surface area contributed by atoms with Gasteiger partial charge in [0.25, 0.3) is 7.82 Å². The summed E-state index contributed by atoms with van der Waals surface area (Å²) in [5, 5.41) is 0. The molecule has 0 aliphatic carbocycles. The van der Waals surface area contributed by atoms with E-state index in [9.17, 15) is 19.0 Å². The molecule has 0 radical (unpaired) electrons. The van der Waals surface area contributed by atoms with Gasteiger partial charge in [-0.2, -0.15) is 0 Å². The molecule has 0 heterocycles. The molecule has 0 saturated heterocycles. The molecule has 9 nitrogen and oxygen atoms in total. The van der Waals surface area contributed by atoms with Gasteiger partial charge in [-0.25, -0.2) is 0 Å². The molecule has 2 atom stereocenters. The fourth-order valence-corrected chi connectivity index (χ4v) is 11.0. The maximum atomic E-state index is 12.9. The highest BCUT2D eigenvalue weighted by Crippen LogP contribution is 2.38. The fraction of sp³-hybridized carbons (Fsp3) is 0.886. The van der Waals surface area contributed by atoms with E-state index in [-0.39, 0.29) is 32.0 Å². The zero-order valence-corrected chi connectivity index (χ0v) is 54.7. The number of hydrogen-bond acceptors (Lipinski definition) is 8. The van der Waals surface area contributed by atoms with E-state index in [1.54, 1.807) is 0 Å². The predicted molar refractivity (Wildman–Crippen MR) is 342 cm³/mol. The number of hydrogen-bond donors (Lipinski definition) is 0. The molecule has 0 spiro atoms. The summed E-state index contributed by atoms with van der Waals surface area (Å²) in [5.74, 6) is -0.816. The first-order valence-electron chi connectivity index (χ1n) is 34.7. The third kappa shape index (κ3) is 65.4. The molecule has 10 heteroatoms. The van der Waals surface area contributed by atoms with Crippen LogP contribution in [0.3, 0.4) is 0 Å². The van der Waals surface area contributed by atoms with Crippen LogP contribution in [0.15, 0.2) is 36.5 Å². The van der Waals surface area contributed by atoms with Gasteiger partial charge in [-0.3, -0.25) is 14.2 Å². The van der Waals surface area contributed by atoms with Gasteiger partial charge in [0.2, 0.25) is 0 Å². The minimum absolute atomic E-state index is 0.0292. The van der Waals surface area contributed by atoms with Crippen molar-refractivity contribution in [2.45, 2.75) is 354 Å². The number of phosphoric ester groups is 1. The minimum atomic E-state index is -4.64. The molecule has 0 aromatic carbocycles. The van der Waals surface area contributed by atoms with Crippen LogP contribution in [-0.4, -0.2) is 70.0 Å². The van der Waals surface area contributed by atoms with Crippen molar-refractivity contribution >= 4 is 19.8 Å². The molecule has 80 heavy (non-hydrogen) atoms. The van der Waals surface area contributed by atoms with E-state index >= 15 is 0 Å². The second-order valence-corrected chi connectivity index (χ2v) is 26.3. The van der Waals surface area contributed by atoms with Crippen LogP contribution in [0, 0.1) is 0 Å². The number of unbranched alkanes of at least 4 members (excludes halogenated alkanes) is 45. The topological polar surface area (TPSA) is 111 Å². The molecule has 0 saturated carbocycles. The minimum Gasteiger partial charge on any atom is -0.756 e. The van der Waals surface area contributed by atoms with Crippen molar-refractivity contribution in [3.05, 3.63) is 36.5 Å². The maximum Gasteiger partial charge on any atom is 0.306 e. The molecule has 0 aliphatic heterocycles. The third-order valence-corrected chi connectivity index (χ3v) is 16.6. The Kier molecular flexibility index (Phi) is 60.4. The lowest BCUT2D eigenvalue weighted by Gasteiger charge is -2.28. The second kappa shape index (κ2) is 61.8. The Labute approximate surface area is 497 Å². The maximum absolute atomic E-state index is 12.9. The molecule has 0 N–H and O–H groups in total. The molecule has 0 amide bonds. The van der Waals surface area contributed by atoms with Gasteiger partial charge in [0.15, 0.2) is 6.10 Å². The largest absolute Gasteiger partial charge is 0.756 e. The van der Waals surface area contributed by atoms with Crippen LogP contribution >= 0.6 is 7.82 Å². The van der Waals surface area contributed by atoms with Crippen molar-refractivity contribution in [2.24, 2.45) is 0 Å². The molecule has 0 rings (SSSR count). The number of likely N-dealkylation sites (N-methyl/N-ethyl adjacent to an activating group) is 1. The molecule has 0 fully saturated rings. The number of ether oxygens (including phenoxy) is 2. The average molecular weight is 1150 g/mol. The number of rotatable bonds is 65. The zero-order valence-electron chi connectivity index (χ0n) is 53.8. The smallest absolute Gasteiger partial charge is 0.306 e. The normalized spacial score (nSPS) is 13.3. The van der Waals surface area contributed by atoms with Crippen LogP contribution in [0.25, 0.3) is 0 Å². The van der Waals surface area contributed by atoms with Gasteiger partial charge in [-0.15, -0.1) is 0 Å². The van der Waals surface area contributed by atoms with E-state index in [1.807, 2.05) is 21.1 Å². The van der Waals surface area contributed by atoms with E-state index in [0.29, 0.717) is 17.4 Å². The Morgan fingerprint density at radius 3 is 1.00 bits per heavy atom. The summed E-state index contributed by atoms with van der Waals surface area (Å²) in [6.45, 7) is 4.29. The molecular formula is C70H134NO8P. The summed E-state index contributed by atoms with van der Waals surface area (Å²) in [5.41, 5.74) is 0. The number of nitrogens with zero attached hydrogens (tertiary/aromatic N) is 1. The number of allylic oxidation sites excluding steroid dienone is 6. The molecule has 2 unspecified atom stereocenters. The highest BCUT2D eigenvalue weighted by atomic mass is 31.2. The Morgan fingerprint density at radius 2 is 0.675 bits per heavy atom. The van der Waals surface area contributed by atoms with Gasteiger partial charge < -0.3 is 27.9 Å². The van der Waals surface area contributed by atoms with Crippen LogP contribution in [0.5, 0.6) is 0 Å². The highest BCUT2D eigenvalue weighted by molar-refractivity contribution is 7.45. The summed E-state index contributed by atoms with van der Waals surface area (Å²) in [7, 11) is 1.18. The van der Waals surface area contributed by atoms with E-state index < -0.39 is 26.5 Å². The van der Waals surface area contributed by atoms with Gasteiger partial charge in [-0.05, 0) is 51.4 Å². The van der Waals surface area contributed by atoms with Crippen molar-refractivity contribution < 1.29 is 42.1 Å². The van der Waals surface area contributed by atoms with Gasteiger partial charge in [0.05, 0.1) is 27.7 Å². The second-order valence-electron chi connectivity index (χ2n) is 24.9. The number of carbonyl (C=O) groups is 2. The monoisotopic (exact) mass is 1150 g/mol. The van der Waals surface area contributed by atoms with Gasteiger partial charge in [-0.1, -0.05) is 320 Å². The molecule has 0 aromatic heterocycles. The van der Waals surface area contributed by atoms with Crippen molar-refractivity contribution in [1.29, 1.82) is 0 Å². The van der Waals surface area contributed by atoms with Crippen LogP contribution < -0.4 is 4.89 Å². The number of carbonyl (C=O) groups excluding carboxylic acids is 2. The lowest BCUT2D eigenvalue weighted by molar-refractivity contribution is -0.870. The van der Waals surface area contributed by atoms with E-state index in [4.69, 9.17) is 18.5 Å². The molecule has 0 aromatic rings. The predicted octanol–water partition coefficient (Wildman–Crippen LogP) is 21.6. The van der Waals surface area contributed by atoms with Gasteiger partial charge in [0.1, 0.15) is 19.8 Å². The fourth-order valence-electron chi connectivity index (χ4n) is 10.3. The Morgan fingerprint density at radius 1 is 0.388 bits per heavy atom. The first-order valence-corrected chi connectivity index (χ1v) is 36.2. The van der Waals surface area contributed by atoms with Crippen LogP contribution in [0.4, 0.5) is 0 Å². The Hall–Kier alpha value is -1.77. The summed E-state index contributed by atoms with van der Waals surface area (Å²) in [4.78, 5) is 38.0. The van der Waals surface area contributed by atoms with Crippen molar-refractivity contribution in [3.63, 3.8) is 0 Å². The SMILES string of the molecule is CCCCCCC/C=C\C/C=C\C/C=C\CCCCCCCCCCCCCCC(=O)OC(COC(=O)CCCCCCCCCCCCCCCCCCCCCCCCCCCCCCC)COP(=O)([O-])OCC[N+](C)(C)C. The van der Waals surface area contributed by atoms with Crippen LogP contribution in [0.1, 0.15) is 348 Å². The zero-order chi connectivity index (χ0) is 58.4. The summed E-state index contributed by atoms with van der Waals surface area (Å²) in [6.07, 6.45) is 78.0. The lowest BCUT2D eigenvalue weighted by atomic mass is 10.0. The Balaban J connectivity index is 4.02. The summed E-state index contributed by atoms with van der Waals surface area (Å²) < 4.78 is 34.3. The van der Waals surface area contributed by atoms with Crippen LogP contribution in [-0.2, 0) is 32.7 Å². The standard InChI is InChI=1S/C70H134NO8P/c1-6-8-10-12-14-16-18-20-22-24-26-28-30-32-34-35-37-38-40-42-44-46-48-50-52-54-56-58-60-62-69(72)76-66-68(67-78-80(74,75)77-65-64-71(3,4)5)79-70(73)63-61-59-57-55-53-51-49-47-45-43-41-39-36-33-31-29-27-25-23-21-19-17-15-13-11-9-7-2/h19,21,25,27,31,33,68H,6-18,20,22-24,26,28-30,32,34-67H2,1-5H3/b21-19-,27-25-,33-31-. The first-order chi connectivity index (χ1) is 39.0. The molecule has 0 aliphatic rings. The average Bonchev–Trinajstić information content (AvgIpc) is 3.42. The first kappa shape index (κ1) is 78.2. The summed E-state index contributed by atoms with van der Waals surface area (Å²) >= 11 is 0. The van der Waals surface area contributed by atoms with E-state index in [1.165, 1.54) is 263 Å². The van der Waals surface area contributed by atoms with Crippen LogP contribution in [0.2, 0.25) is 0 Å². The van der Waals surface area contributed by atoms with Crippen molar-refractivity contribution in [2.75, 3.05) is 47.5 Å². The number of phosphoric acid groups is 1. The quantitative estimate of drug-likeness (QED) is 0.0195. The van der Waals surface area contributed by atoms with Crippen molar-refractivity contribution in [3.8, 4) is 0 Å². The van der Waals surface area contributed by atoms with E-state index in [2.05, 4.69) is 50.3 Å². The molecule has 472 valence electrons.